The quantitative estimate of drug-likeness (QED) is 0.692. The second kappa shape index (κ2) is 4.83. The van der Waals surface area contributed by atoms with Crippen LogP contribution in [0.1, 0.15) is 6.42 Å². The van der Waals surface area contributed by atoms with E-state index in [2.05, 4.69) is 10.1 Å². The minimum atomic E-state index is -0.706. The maximum Gasteiger partial charge on any atom is 0.264 e. The van der Waals surface area contributed by atoms with Crippen LogP contribution >= 0.6 is 23.2 Å². The number of halogens is 2. The van der Waals surface area contributed by atoms with E-state index in [4.69, 9.17) is 23.2 Å². The Labute approximate surface area is 136 Å². The molecule has 1 unspecified atom stereocenters. The van der Waals surface area contributed by atoms with Crippen LogP contribution in [-0.4, -0.2) is 23.7 Å². The molecule has 2 aromatic heterocycles. The molecule has 112 valence electrons. The lowest BCUT2D eigenvalue weighted by atomic mass is 10.3. The average molecular weight is 335 g/mol. The van der Waals surface area contributed by atoms with Crippen molar-refractivity contribution < 1.29 is 0 Å². The molecule has 3 aromatic rings. The summed E-state index contributed by atoms with van der Waals surface area (Å²) in [6, 6.07) is 9.59. The van der Waals surface area contributed by atoms with Gasteiger partial charge in [0.1, 0.15) is 9.72 Å². The Morgan fingerprint density at radius 2 is 2.00 bits per heavy atom. The minimum Gasteiger partial charge on any atom is -0.298 e. The molecule has 0 spiro atoms. The first-order valence-corrected chi connectivity index (χ1v) is 7.68. The number of benzene rings is 1. The van der Waals surface area contributed by atoms with Crippen molar-refractivity contribution >= 4 is 34.2 Å². The van der Waals surface area contributed by atoms with E-state index in [-0.39, 0.29) is 11.5 Å². The molecular weight excluding hydrogens is 323 g/mol. The van der Waals surface area contributed by atoms with E-state index in [0.29, 0.717) is 24.0 Å². The smallest absolute Gasteiger partial charge is 0.264 e. The van der Waals surface area contributed by atoms with Gasteiger partial charge in [-0.15, -0.1) is 23.2 Å². The van der Waals surface area contributed by atoms with Crippen molar-refractivity contribution in [3.63, 3.8) is 0 Å². The van der Waals surface area contributed by atoms with Gasteiger partial charge in [-0.25, -0.2) is 9.67 Å². The lowest BCUT2D eigenvalue weighted by Crippen LogP contribution is -2.22. The zero-order valence-corrected chi connectivity index (χ0v) is 13.0. The fraction of sp³-hybridized carbons (Fsp3) is 0.267. The van der Waals surface area contributed by atoms with E-state index < -0.39 is 4.33 Å². The fourth-order valence-electron chi connectivity index (χ4n) is 2.54. The standard InChI is InChI=1S/C15H12Cl2N4O/c16-15(17)6-10(15)8-20-9-18-13-12(14(20)22)7-19-21(13)11-4-2-1-3-5-11/h1-5,7,9-10H,6,8H2. The van der Waals surface area contributed by atoms with Crippen LogP contribution in [0.4, 0.5) is 0 Å². The number of hydrogen-bond acceptors (Lipinski definition) is 3. The normalized spacial score (nSPS) is 19.5. The molecule has 1 fully saturated rings. The van der Waals surface area contributed by atoms with Crippen LogP contribution in [0.5, 0.6) is 0 Å². The molecule has 5 nitrogen and oxygen atoms in total. The Morgan fingerprint density at radius 3 is 2.68 bits per heavy atom. The number of rotatable bonds is 3. The first-order valence-electron chi connectivity index (χ1n) is 6.93. The van der Waals surface area contributed by atoms with Crippen molar-refractivity contribution in [2.24, 2.45) is 5.92 Å². The Bertz CT molecular complexity index is 901. The van der Waals surface area contributed by atoms with Gasteiger partial charge >= 0.3 is 0 Å². The summed E-state index contributed by atoms with van der Waals surface area (Å²) in [5.41, 5.74) is 1.29. The number of aromatic nitrogens is 4. The van der Waals surface area contributed by atoms with Crippen molar-refractivity contribution in [1.82, 2.24) is 19.3 Å². The van der Waals surface area contributed by atoms with E-state index in [9.17, 15) is 4.79 Å². The summed E-state index contributed by atoms with van der Waals surface area (Å²) in [5.74, 6) is 0.0944. The molecule has 0 radical (unpaired) electrons. The van der Waals surface area contributed by atoms with Crippen LogP contribution in [0.25, 0.3) is 16.7 Å². The monoisotopic (exact) mass is 334 g/mol. The van der Waals surface area contributed by atoms with Gasteiger partial charge in [-0.3, -0.25) is 9.36 Å². The predicted octanol–water partition coefficient (Wildman–Crippen LogP) is 2.78. The highest BCUT2D eigenvalue weighted by atomic mass is 35.5. The van der Waals surface area contributed by atoms with Crippen LogP contribution in [-0.2, 0) is 6.54 Å². The van der Waals surface area contributed by atoms with Crippen LogP contribution in [0.2, 0.25) is 0 Å². The zero-order valence-electron chi connectivity index (χ0n) is 11.5. The Kier molecular flexibility index (Phi) is 3.03. The molecule has 0 N–H and O–H groups in total. The SMILES string of the molecule is O=c1c2cnn(-c3ccccc3)c2ncn1CC1CC1(Cl)Cl. The second-order valence-corrected chi connectivity index (χ2v) is 7.04. The van der Waals surface area contributed by atoms with Crippen molar-refractivity contribution in [3.8, 4) is 5.69 Å². The minimum absolute atomic E-state index is 0.0944. The average Bonchev–Trinajstić information content (AvgIpc) is 2.94. The molecule has 7 heteroatoms. The van der Waals surface area contributed by atoms with Crippen molar-refractivity contribution in [2.75, 3.05) is 0 Å². The van der Waals surface area contributed by atoms with E-state index >= 15 is 0 Å². The highest BCUT2D eigenvalue weighted by Crippen LogP contribution is 2.53. The summed E-state index contributed by atoms with van der Waals surface area (Å²) in [6.45, 7) is 0.477. The molecule has 4 rings (SSSR count). The molecular formula is C15H12Cl2N4O. The third-order valence-corrected chi connectivity index (χ3v) is 4.85. The van der Waals surface area contributed by atoms with Gasteiger partial charge in [-0.05, 0) is 18.6 Å². The zero-order chi connectivity index (χ0) is 15.3. The van der Waals surface area contributed by atoms with Gasteiger partial charge in [-0.1, -0.05) is 18.2 Å². The van der Waals surface area contributed by atoms with Gasteiger partial charge in [0, 0.05) is 12.5 Å². The van der Waals surface area contributed by atoms with Gasteiger partial charge in [0.25, 0.3) is 5.56 Å². The highest BCUT2D eigenvalue weighted by Gasteiger charge is 2.51. The van der Waals surface area contributed by atoms with Crippen molar-refractivity contribution in [3.05, 3.63) is 53.2 Å². The molecule has 1 aliphatic rings. The van der Waals surface area contributed by atoms with Crippen LogP contribution < -0.4 is 5.56 Å². The molecule has 1 atom stereocenters. The Balaban J connectivity index is 1.77. The van der Waals surface area contributed by atoms with Crippen LogP contribution in [0.15, 0.2) is 47.7 Å². The second-order valence-electron chi connectivity index (χ2n) is 5.49. The van der Waals surface area contributed by atoms with E-state index in [0.717, 1.165) is 5.69 Å². The number of para-hydroxylation sites is 1. The first-order chi connectivity index (χ1) is 10.6. The predicted molar refractivity (Wildman–Crippen MR) is 85.7 cm³/mol. The molecule has 1 aromatic carbocycles. The summed E-state index contributed by atoms with van der Waals surface area (Å²) >= 11 is 12.1. The topological polar surface area (TPSA) is 52.7 Å². The molecule has 0 saturated heterocycles. The summed E-state index contributed by atoms with van der Waals surface area (Å²) in [7, 11) is 0. The molecule has 1 saturated carbocycles. The van der Waals surface area contributed by atoms with Crippen molar-refractivity contribution in [2.45, 2.75) is 17.3 Å². The largest absolute Gasteiger partial charge is 0.298 e. The molecule has 22 heavy (non-hydrogen) atoms. The van der Waals surface area contributed by atoms with Crippen LogP contribution in [0.3, 0.4) is 0 Å². The highest BCUT2D eigenvalue weighted by molar-refractivity contribution is 6.50. The van der Waals surface area contributed by atoms with Gasteiger partial charge in [0.15, 0.2) is 5.65 Å². The molecule has 2 heterocycles. The van der Waals surface area contributed by atoms with E-state index in [1.165, 1.54) is 6.33 Å². The fourth-order valence-corrected chi connectivity index (χ4v) is 3.05. The third-order valence-electron chi connectivity index (χ3n) is 3.93. The third kappa shape index (κ3) is 2.21. The number of fused-ring (bicyclic) bond motifs is 1. The number of hydrogen-bond donors (Lipinski definition) is 0. The summed E-state index contributed by atoms with van der Waals surface area (Å²) in [5, 5.41) is 4.77. The summed E-state index contributed by atoms with van der Waals surface area (Å²) in [6.07, 6.45) is 3.79. The van der Waals surface area contributed by atoms with Gasteiger partial charge in [-0.2, -0.15) is 5.10 Å². The maximum absolute atomic E-state index is 12.5. The Morgan fingerprint density at radius 1 is 1.27 bits per heavy atom. The number of nitrogens with zero attached hydrogens (tertiary/aromatic N) is 4. The van der Waals surface area contributed by atoms with E-state index in [1.807, 2.05) is 30.3 Å². The van der Waals surface area contributed by atoms with Crippen molar-refractivity contribution in [1.29, 1.82) is 0 Å². The first kappa shape index (κ1) is 13.8. The van der Waals surface area contributed by atoms with Gasteiger partial charge in [0.05, 0.1) is 18.2 Å². The van der Waals surface area contributed by atoms with Gasteiger partial charge in [0.2, 0.25) is 0 Å². The summed E-state index contributed by atoms with van der Waals surface area (Å²) in [4.78, 5) is 16.9. The number of alkyl halides is 2. The molecule has 0 aliphatic heterocycles. The lowest BCUT2D eigenvalue weighted by molar-refractivity contribution is 0.596. The molecule has 0 bridgehead atoms. The van der Waals surface area contributed by atoms with Crippen LogP contribution in [0, 0.1) is 5.92 Å². The van der Waals surface area contributed by atoms with E-state index in [1.54, 1.807) is 15.4 Å². The van der Waals surface area contributed by atoms with Gasteiger partial charge < -0.3 is 0 Å². The molecule has 1 aliphatic carbocycles. The maximum atomic E-state index is 12.5. The molecule has 0 amide bonds. The Hall–Kier alpha value is -1.85. The lowest BCUT2D eigenvalue weighted by Gasteiger charge is -2.06. The summed E-state index contributed by atoms with van der Waals surface area (Å²) < 4.78 is 2.50.